The van der Waals surface area contributed by atoms with Crippen molar-refractivity contribution < 1.29 is 74.1 Å². The first-order chi connectivity index (χ1) is 6.38. The molecular weight excluding hydrogens is 277 g/mol. The largest absolute Gasteiger partial charge is 1.00 e. The van der Waals surface area contributed by atoms with Crippen LogP contribution in [0.3, 0.4) is 0 Å². The Morgan fingerprint density at radius 1 is 1.31 bits per heavy atom. The average Bonchev–Trinajstić information content (AvgIpc) is 2.01. The molecule has 0 aromatic rings. The fourth-order valence-corrected chi connectivity index (χ4v) is 1.27. The number of alkyl halides is 2. The molecule has 0 saturated heterocycles. The molecule has 0 bridgehead atoms. The summed E-state index contributed by atoms with van der Waals surface area (Å²) < 4.78 is -1.79. The second-order valence-corrected chi connectivity index (χ2v) is 3.94. The number of rotatable bonds is 2. The third kappa shape index (κ3) is 4.31. The quantitative estimate of drug-likeness (QED) is 0.286. The predicted octanol–water partition coefficient (Wildman–Crippen LogP) is -7.01. The zero-order valence-electron chi connectivity index (χ0n) is 8.74. The van der Waals surface area contributed by atoms with Gasteiger partial charge in [0.1, 0.15) is 5.92 Å². The maximum absolute atomic E-state index is 11.1. The van der Waals surface area contributed by atoms with E-state index in [0.717, 1.165) is 6.08 Å². The number of amides is 1. The van der Waals surface area contributed by atoms with Crippen LogP contribution >= 0.6 is 23.2 Å². The molecule has 1 heterocycles. The third-order valence-electron chi connectivity index (χ3n) is 1.56. The Morgan fingerprint density at radius 3 is 2.19 bits per heavy atom. The molecule has 0 aromatic carbocycles. The van der Waals surface area contributed by atoms with E-state index in [2.05, 4.69) is 16.6 Å². The third-order valence-corrected chi connectivity index (χ3v) is 2.31. The molecule has 16 heavy (non-hydrogen) atoms. The summed E-state index contributed by atoms with van der Waals surface area (Å²) >= 11 is 11.2. The minimum Gasteiger partial charge on any atom is -0.861 e. The monoisotopic (exact) mass is 280 g/mol. The first-order valence-corrected chi connectivity index (χ1v) is 4.20. The summed E-state index contributed by atoms with van der Waals surface area (Å²) in [5, 5.41) is 21.7. The van der Waals surface area contributed by atoms with Gasteiger partial charge in [-0.25, -0.2) is 4.99 Å². The van der Waals surface area contributed by atoms with Crippen LogP contribution in [0.15, 0.2) is 22.6 Å². The molecule has 5 nitrogen and oxygen atoms in total. The van der Waals surface area contributed by atoms with E-state index in [-0.39, 0.29) is 59.1 Å². The Balaban J connectivity index is 0. The smallest absolute Gasteiger partial charge is 0.861 e. The summed E-state index contributed by atoms with van der Waals surface area (Å²) in [6.45, 7) is 3.26. The zero-order chi connectivity index (χ0) is 10.9. The summed E-state index contributed by atoms with van der Waals surface area (Å²) in [4.78, 5) is 17.0. The van der Waals surface area contributed by atoms with E-state index in [0.29, 0.717) is 0 Å². The predicted molar refractivity (Wildman–Crippen MR) is 48.0 cm³/mol. The van der Waals surface area contributed by atoms with Crippen molar-refractivity contribution in [3.8, 4) is 0 Å². The molecule has 76 valence electrons. The molecule has 0 spiro atoms. The van der Waals surface area contributed by atoms with Gasteiger partial charge in [0.25, 0.3) is 5.91 Å². The van der Waals surface area contributed by atoms with Crippen molar-refractivity contribution in [1.82, 2.24) is 0 Å². The van der Waals surface area contributed by atoms with Crippen molar-refractivity contribution in [2.45, 2.75) is 4.33 Å². The Labute approximate surface area is 146 Å². The van der Waals surface area contributed by atoms with E-state index in [1.165, 1.54) is 0 Å². The molecule has 0 fully saturated rings. The first kappa shape index (κ1) is 19.3. The van der Waals surface area contributed by atoms with E-state index < -0.39 is 28.1 Å². The fourth-order valence-electron chi connectivity index (χ4n) is 0.895. The van der Waals surface area contributed by atoms with Crippen LogP contribution in [-0.4, -0.2) is 22.2 Å². The molecule has 1 rings (SSSR count). The van der Waals surface area contributed by atoms with Gasteiger partial charge in [-0.2, -0.15) is 0 Å². The molecule has 0 radical (unpaired) electrons. The molecule has 1 amide bonds. The van der Waals surface area contributed by atoms with Gasteiger partial charge >= 0.3 is 59.1 Å². The number of carbonyl (C=O) groups excluding carboxylic acids is 1. The van der Waals surface area contributed by atoms with Crippen LogP contribution in [0.25, 0.3) is 0 Å². The topological polar surface area (TPSA) is 87.9 Å². The normalized spacial score (nSPS) is 19.9. The molecule has 0 aromatic heterocycles. The van der Waals surface area contributed by atoms with Crippen molar-refractivity contribution in [3.05, 3.63) is 12.7 Å². The van der Waals surface area contributed by atoms with Gasteiger partial charge in [0, 0.05) is 0 Å². The van der Waals surface area contributed by atoms with Crippen LogP contribution in [0, 0.1) is 5.92 Å². The van der Waals surface area contributed by atoms with Crippen molar-refractivity contribution in [2.24, 2.45) is 15.9 Å². The van der Waals surface area contributed by atoms with Gasteiger partial charge < -0.3 is 10.2 Å². The molecule has 1 aliphatic rings. The van der Waals surface area contributed by atoms with E-state index in [4.69, 9.17) is 23.2 Å². The maximum Gasteiger partial charge on any atom is 1.00 e. The van der Waals surface area contributed by atoms with Crippen molar-refractivity contribution in [2.75, 3.05) is 0 Å². The second kappa shape index (κ2) is 7.38. The average molecular weight is 281 g/mol. The summed E-state index contributed by atoms with van der Waals surface area (Å²) in [6.07, 6.45) is 1.01. The van der Waals surface area contributed by atoms with E-state index >= 15 is 0 Å². The number of aliphatic imine (C=N–C) groups is 2. The first-order valence-electron chi connectivity index (χ1n) is 3.45. The van der Waals surface area contributed by atoms with Crippen LogP contribution in [0.1, 0.15) is 0 Å². The summed E-state index contributed by atoms with van der Waals surface area (Å²) in [7, 11) is 0. The minimum atomic E-state index is -1.79. The molecular formula is C7H4Cl2N2Na2O3. The summed E-state index contributed by atoms with van der Waals surface area (Å²) in [5.41, 5.74) is 0. The number of amidine groups is 1. The number of hydrogen-bond acceptors (Lipinski definition) is 4. The Hall–Kier alpha value is 0.930. The number of nitrogens with zero attached hydrogens (tertiary/aromatic N) is 2. The van der Waals surface area contributed by atoms with Gasteiger partial charge in [-0.3, -0.25) is 9.79 Å². The number of carbonyl (C=O) groups is 1. The Kier molecular flexibility index (Phi) is 8.89. The molecule has 0 saturated carbocycles. The second-order valence-electron chi connectivity index (χ2n) is 2.49. The molecule has 0 N–H and O–H groups in total. The van der Waals surface area contributed by atoms with Crippen LogP contribution in [0.5, 0.6) is 0 Å². The van der Waals surface area contributed by atoms with Crippen LogP contribution in [0.4, 0.5) is 0 Å². The molecule has 1 unspecified atom stereocenters. The number of halogens is 2. The molecule has 9 heteroatoms. The van der Waals surface area contributed by atoms with Gasteiger partial charge in [-0.15, -0.1) is 6.58 Å². The summed E-state index contributed by atoms with van der Waals surface area (Å²) in [6, 6.07) is -1.13. The Morgan fingerprint density at radius 2 is 1.81 bits per heavy atom. The maximum atomic E-state index is 11.1. The zero-order valence-corrected chi connectivity index (χ0v) is 14.2. The van der Waals surface area contributed by atoms with Gasteiger partial charge in [0.2, 0.25) is 0 Å². The van der Waals surface area contributed by atoms with Crippen molar-refractivity contribution in [1.29, 1.82) is 0 Å². The van der Waals surface area contributed by atoms with Gasteiger partial charge in [0.15, 0.2) is 4.33 Å². The van der Waals surface area contributed by atoms with E-state index in [1.807, 2.05) is 0 Å². The van der Waals surface area contributed by atoms with Gasteiger partial charge in [0.05, 0.1) is 6.02 Å². The molecule has 1 atom stereocenters. The van der Waals surface area contributed by atoms with Crippen molar-refractivity contribution >= 4 is 41.0 Å². The Bertz CT molecular complexity index is 358. The molecule has 0 aliphatic carbocycles. The summed E-state index contributed by atoms with van der Waals surface area (Å²) in [5.74, 6) is -3.49. The standard InChI is InChI=1S/C7H6Cl2N2O3.2Na/c1-2-7(8,9)3-4(12)10-6(14)11-5(3)13;;/h2-3H,1H2,(H2,10,11,12,13,14);;/q;2*+1/p-2. The minimum absolute atomic E-state index is 0. The number of hydrogen-bond donors (Lipinski definition) is 0. The fraction of sp³-hybridized carbons (Fsp3) is 0.286. The number of allylic oxidation sites excluding steroid dienone is 1. The van der Waals surface area contributed by atoms with Crippen LogP contribution in [0.2, 0.25) is 0 Å². The SMILES string of the molecule is C=CC(Cl)(Cl)C1C(=O)N=C([O-])N=C1[O-].[Na+].[Na+]. The van der Waals surface area contributed by atoms with Gasteiger partial charge in [-0.1, -0.05) is 29.3 Å². The van der Waals surface area contributed by atoms with Gasteiger partial charge in [-0.05, 0) is 5.90 Å². The van der Waals surface area contributed by atoms with Crippen LogP contribution < -0.4 is 69.3 Å². The molecule has 1 aliphatic heterocycles. The van der Waals surface area contributed by atoms with E-state index in [9.17, 15) is 15.0 Å². The van der Waals surface area contributed by atoms with E-state index in [1.54, 1.807) is 0 Å². The van der Waals surface area contributed by atoms with Crippen LogP contribution in [-0.2, 0) is 4.79 Å². The van der Waals surface area contributed by atoms with Crippen molar-refractivity contribution in [3.63, 3.8) is 0 Å².